The molecule has 2 atom stereocenters. The van der Waals surface area contributed by atoms with Crippen LogP contribution in [0.3, 0.4) is 0 Å². The fourth-order valence-corrected chi connectivity index (χ4v) is 3.31. The Bertz CT molecular complexity index is 764. The van der Waals surface area contributed by atoms with E-state index in [0.29, 0.717) is 12.3 Å². The molecule has 2 rings (SSSR count). The fourth-order valence-electron chi connectivity index (χ4n) is 2.52. The van der Waals surface area contributed by atoms with Crippen molar-refractivity contribution in [1.29, 1.82) is 0 Å². The van der Waals surface area contributed by atoms with E-state index >= 15 is 0 Å². The summed E-state index contributed by atoms with van der Waals surface area (Å²) in [6.45, 7) is 1.80. The molecule has 0 fully saturated rings. The van der Waals surface area contributed by atoms with Gasteiger partial charge in [-0.1, -0.05) is 29.3 Å². The highest BCUT2D eigenvalue weighted by Gasteiger charge is 2.33. The van der Waals surface area contributed by atoms with Crippen LogP contribution in [0.1, 0.15) is 13.3 Å². The van der Waals surface area contributed by atoms with Crippen molar-refractivity contribution in [2.45, 2.75) is 19.9 Å². The third-order valence-electron chi connectivity index (χ3n) is 4.03. The molecular formula is C16H20N3O5S-. The normalized spacial score (nSPS) is 14.6. The van der Waals surface area contributed by atoms with Crippen molar-refractivity contribution in [3.63, 3.8) is 0 Å². The Morgan fingerprint density at radius 1 is 1.48 bits per heavy atom. The maximum Gasteiger partial charge on any atom is 0.250 e. The molecule has 8 nitrogen and oxygen atoms in total. The predicted molar refractivity (Wildman–Crippen MR) is 90.7 cm³/mol. The average Bonchev–Trinajstić information content (AvgIpc) is 3.07. The summed E-state index contributed by atoms with van der Waals surface area (Å²) in [5.74, 6) is -0.415. The molecule has 0 aliphatic rings. The van der Waals surface area contributed by atoms with E-state index in [1.165, 1.54) is 12.4 Å². The number of nitrogens with one attached hydrogen (secondary N) is 1. The zero-order chi connectivity index (χ0) is 18.4. The topological polar surface area (TPSA) is 117 Å². The van der Waals surface area contributed by atoms with E-state index in [9.17, 15) is 13.6 Å². The van der Waals surface area contributed by atoms with E-state index in [4.69, 9.17) is 9.94 Å². The number of methoxy groups -OCH3 is 1. The maximum atomic E-state index is 11.8. The summed E-state index contributed by atoms with van der Waals surface area (Å²) >= 11 is -2.41. The first-order chi connectivity index (χ1) is 11.9. The summed E-state index contributed by atoms with van der Waals surface area (Å²) in [6, 6.07) is 7.51. The molecule has 0 aliphatic carbocycles. The minimum absolute atomic E-state index is 0.195. The number of aromatic nitrogens is 2. The van der Waals surface area contributed by atoms with Gasteiger partial charge in [0.1, 0.15) is 5.75 Å². The third kappa shape index (κ3) is 4.65. The van der Waals surface area contributed by atoms with E-state index in [1.807, 2.05) is 24.3 Å². The number of benzene rings is 1. The van der Waals surface area contributed by atoms with Crippen LogP contribution in [0, 0.1) is 5.41 Å². The Kier molecular flexibility index (Phi) is 6.29. The van der Waals surface area contributed by atoms with Crippen molar-refractivity contribution >= 4 is 17.0 Å². The van der Waals surface area contributed by atoms with Crippen LogP contribution < -0.4 is 10.2 Å². The lowest BCUT2D eigenvalue weighted by Gasteiger charge is -2.27. The van der Waals surface area contributed by atoms with Crippen molar-refractivity contribution in [2.24, 2.45) is 5.41 Å². The molecule has 0 saturated heterocycles. The summed E-state index contributed by atoms with van der Waals surface area (Å²) in [7, 11) is 1.59. The summed E-state index contributed by atoms with van der Waals surface area (Å²) in [6.07, 6.45) is 3.66. The number of hydrogen-bond donors (Lipinski definition) is 2. The van der Waals surface area contributed by atoms with Gasteiger partial charge in [0.25, 0.3) is 0 Å². The van der Waals surface area contributed by atoms with Gasteiger partial charge in [-0.15, -0.1) is 0 Å². The molecule has 9 heteroatoms. The second-order valence-electron chi connectivity index (χ2n) is 5.89. The van der Waals surface area contributed by atoms with Gasteiger partial charge in [0, 0.05) is 29.6 Å². The monoisotopic (exact) mass is 366 g/mol. The molecule has 25 heavy (non-hydrogen) atoms. The smallest absolute Gasteiger partial charge is 0.250 e. The number of carbonyl (C=O) groups is 1. The Morgan fingerprint density at radius 3 is 2.84 bits per heavy atom. The summed E-state index contributed by atoms with van der Waals surface area (Å²) < 4.78 is 29.0. The molecule has 2 N–H and O–H groups in total. The molecular weight excluding hydrogens is 346 g/mol. The molecule has 1 aromatic heterocycles. The zero-order valence-electron chi connectivity index (χ0n) is 14.0. The summed E-state index contributed by atoms with van der Waals surface area (Å²) in [5, 5.41) is 13.1. The first-order valence-electron chi connectivity index (χ1n) is 7.56. The largest absolute Gasteiger partial charge is 0.772 e. The van der Waals surface area contributed by atoms with Gasteiger partial charge in [0.15, 0.2) is 0 Å². The lowest BCUT2D eigenvalue weighted by molar-refractivity contribution is -0.138. The quantitative estimate of drug-likeness (QED) is 0.414. The van der Waals surface area contributed by atoms with Crippen LogP contribution in [0.25, 0.3) is 11.1 Å². The van der Waals surface area contributed by atoms with Crippen molar-refractivity contribution < 1.29 is 23.5 Å². The number of para-hydroxylation sites is 1. The molecule has 1 aromatic carbocycles. The van der Waals surface area contributed by atoms with Crippen LogP contribution in [0.2, 0.25) is 0 Å². The molecule has 0 bridgehead atoms. The van der Waals surface area contributed by atoms with Gasteiger partial charge >= 0.3 is 0 Å². The molecule has 0 spiro atoms. The number of hydroxylamine groups is 1. The Morgan fingerprint density at radius 2 is 2.20 bits per heavy atom. The number of hydrogen-bond acceptors (Lipinski definition) is 6. The fraction of sp³-hybridized carbons (Fsp3) is 0.375. The highest BCUT2D eigenvalue weighted by atomic mass is 32.2. The number of amides is 1. The van der Waals surface area contributed by atoms with Gasteiger partial charge < -0.3 is 9.29 Å². The molecule has 0 radical (unpaired) electrons. The summed E-state index contributed by atoms with van der Waals surface area (Å²) in [5.41, 5.74) is 2.01. The zero-order valence-corrected chi connectivity index (χ0v) is 14.8. The van der Waals surface area contributed by atoms with E-state index in [1.54, 1.807) is 24.2 Å². The number of nitrogens with zero attached hydrogens (tertiary/aromatic N) is 2. The van der Waals surface area contributed by atoms with Crippen LogP contribution in [-0.2, 0) is 22.4 Å². The Hall–Kier alpha value is -2.23. The number of rotatable bonds is 8. The molecule has 1 heterocycles. The average molecular weight is 366 g/mol. The molecule has 0 saturated carbocycles. The van der Waals surface area contributed by atoms with Crippen LogP contribution in [0.15, 0.2) is 36.7 Å². The molecule has 2 aromatic rings. The van der Waals surface area contributed by atoms with E-state index in [-0.39, 0.29) is 12.2 Å². The van der Waals surface area contributed by atoms with Gasteiger partial charge in [-0.05, 0) is 19.4 Å². The Labute approximate surface area is 148 Å². The highest BCUT2D eigenvalue weighted by Crippen LogP contribution is 2.29. The van der Waals surface area contributed by atoms with Crippen molar-refractivity contribution in [2.75, 3.05) is 12.9 Å². The van der Waals surface area contributed by atoms with Gasteiger partial charge in [0.2, 0.25) is 5.91 Å². The van der Waals surface area contributed by atoms with E-state index in [0.717, 1.165) is 11.1 Å². The highest BCUT2D eigenvalue weighted by molar-refractivity contribution is 7.79. The number of ether oxygens (including phenoxy) is 1. The molecule has 2 unspecified atom stereocenters. The first kappa shape index (κ1) is 19.1. The second kappa shape index (κ2) is 8.24. The standard InChI is InChI=1S/C16H21N3O5S/c1-16(11-25(22)23,15(20)18-21)7-8-19-10-12(9-17-19)13-5-3-4-6-14(13)24-2/h3-6,9-10,21H,7-8,11H2,1-2H3,(H,18,20)(H,22,23)/p-1. The lowest BCUT2D eigenvalue weighted by Crippen LogP contribution is -2.42. The van der Waals surface area contributed by atoms with Gasteiger partial charge in [-0.3, -0.25) is 18.9 Å². The maximum absolute atomic E-state index is 11.8. The van der Waals surface area contributed by atoms with Crippen LogP contribution in [0.4, 0.5) is 0 Å². The van der Waals surface area contributed by atoms with Gasteiger partial charge in [-0.25, -0.2) is 5.48 Å². The van der Waals surface area contributed by atoms with E-state index in [2.05, 4.69) is 5.10 Å². The van der Waals surface area contributed by atoms with Crippen LogP contribution in [-0.4, -0.2) is 42.5 Å². The van der Waals surface area contributed by atoms with Crippen LogP contribution in [0.5, 0.6) is 5.75 Å². The lowest BCUT2D eigenvalue weighted by atomic mass is 9.88. The SMILES string of the molecule is COc1ccccc1-c1cnn(CCC(C)(CS(=O)[O-])C(=O)NO)c1. The second-order valence-corrected chi connectivity index (χ2v) is 6.79. The van der Waals surface area contributed by atoms with Crippen LogP contribution >= 0.6 is 0 Å². The van der Waals surface area contributed by atoms with Crippen molar-refractivity contribution in [3.8, 4) is 16.9 Å². The molecule has 136 valence electrons. The minimum Gasteiger partial charge on any atom is -0.772 e. The number of carbonyl (C=O) groups excluding carboxylic acids is 1. The summed E-state index contributed by atoms with van der Waals surface area (Å²) in [4.78, 5) is 11.8. The van der Waals surface area contributed by atoms with Gasteiger partial charge in [-0.2, -0.15) is 5.10 Å². The van der Waals surface area contributed by atoms with Gasteiger partial charge in [0.05, 0.1) is 18.7 Å². The van der Waals surface area contributed by atoms with E-state index < -0.39 is 22.4 Å². The first-order valence-corrected chi connectivity index (χ1v) is 8.80. The molecule has 0 aliphatic heterocycles. The number of aryl methyl sites for hydroxylation is 1. The Balaban J connectivity index is 2.15. The minimum atomic E-state index is -2.41. The predicted octanol–water partition coefficient (Wildman–Crippen LogP) is 1.34. The van der Waals surface area contributed by atoms with Crippen molar-refractivity contribution in [1.82, 2.24) is 15.3 Å². The molecule has 1 amide bonds. The third-order valence-corrected chi connectivity index (χ3v) is 4.90. The van der Waals surface area contributed by atoms with Crippen molar-refractivity contribution in [3.05, 3.63) is 36.7 Å².